The maximum absolute atomic E-state index is 3.67. The molecule has 1 aliphatic rings. The monoisotopic (exact) mass is 330 g/mol. The Balaban J connectivity index is 1.55. The van der Waals surface area contributed by atoms with Gasteiger partial charge < -0.3 is 10.2 Å². The molecule has 0 aliphatic heterocycles. The van der Waals surface area contributed by atoms with E-state index < -0.39 is 0 Å². The Kier molecular flexibility index (Phi) is 6.15. The molecule has 2 rings (SSSR count). The van der Waals surface area contributed by atoms with E-state index in [2.05, 4.69) is 44.6 Å². The first kappa shape index (κ1) is 14.5. The van der Waals surface area contributed by atoms with Crippen LogP contribution in [0.3, 0.4) is 0 Å². The summed E-state index contributed by atoms with van der Waals surface area (Å²) in [6.45, 7) is 3.41. The minimum absolute atomic E-state index is 0.809. The van der Waals surface area contributed by atoms with E-state index in [1.54, 1.807) is 0 Å². The second-order valence-corrected chi connectivity index (χ2v) is 7.17. The van der Waals surface area contributed by atoms with Gasteiger partial charge in [-0.1, -0.05) is 12.8 Å². The number of hydrogen-bond donors (Lipinski definition) is 1. The first-order chi connectivity index (χ1) is 8.74. The zero-order chi connectivity index (χ0) is 12.8. The Morgan fingerprint density at radius 3 is 2.89 bits per heavy atom. The minimum Gasteiger partial charge on any atom is -0.314 e. The van der Waals surface area contributed by atoms with Crippen molar-refractivity contribution in [2.75, 3.05) is 20.1 Å². The quantitative estimate of drug-likeness (QED) is 0.763. The third-order valence-corrected chi connectivity index (χ3v) is 5.23. The summed E-state index contributed by atoms with van der Waals surface area (Å²) >= 11 is 5.34. The number of thiophene rings is 1. The Labute approximate surface area is 123 Å². The summed E-state index contributed by atoms with van der Waals surface area (Å²) in [6, 6.07) is 3.03. The molecule has 102 valence electrons. The van der Waals surface area contributed by atoms with Crippen LogP contribution in [-0.4, -0.2) is 31.1 Å². The van der Waals surface area contributed by atoms with E-state index in [0.29, 0.717) is 0 Å². The summed E-state index contributed by atoms with van der Waals surface area (Å²) in [6.07, 6.45) is 6.87. The van der Waals surface area contributed by atoms with Crippen molar-refractivity contribution in [1.29, 1.82) is 0 Å². The highest BCUT2D eigenvalue weighted by atomic mass is 79.9. The van der Waals surface area contributed by atoms with E-state index in [4.69, 9.17) is 0 Å². The number of halogens is 1. The highest BCUT2D eigenvalue weighted by Crippen LogP contribution is 2.21. The van der Waals surface area contributed by atoms with Crippen molar-refractivity contribution in [1.82, 2.24) is 10.2 Å². The van der Waals surface area contributed by atoms with Crippen molar-refractivity contribution in [3.8, 4) is 0 Å². The molecule has 0 aromatic carbocycles. The molecule has 0 unspecified atom stereocenters. The fourth-order valence-electron chi connectivity index (χ4n) is 2.57. The second-order valence-electron chi connectivity index (χ2n) is 5.26. The number of nitrogens with zero attached hydrogens (tertiary/aromatic N) is 1. The maximum atomic E-state index is 3.67. The van der Waals surface area contributed by atoms with E-state index >= 15 is 0 Å². The predicted octanol–water partition coefficient (Wildman–Crippen LogP) is 3.86. The Hall–Kier alpha value is 0.1000. The largest absolute Gasteiger partial charge is 0.314 e. The van der Waals surface area contributed by atoms with Crippen molar-refractivity contribution in [3.63, 3.8) is 0 Å². The fraction of sp³-hybridized carbons (Fsp3) is 0.714. The van der Waals surface area contributed by atoms with Crippen molar-refractivity contribution in [3.05, 3.63) is 20.8 Å². The van der Waals surface area contributed by atoms with Gasteiger partial charge >= 0.3 is 0 Å². The van der Waals surface area contributed by atoms with Gasteiger partial charge in [-0.25, -0.2) is 0 Å². The molecule has 1 saturated carbocycles. The third kappa shape index (κ3) is 5.00. The number of rotatable bonds is 7. The lowest BCUT2D eigenvalue weighted by Gasteiger charge is -2.17. The van der Waals surface area contributed by atoms with Crippen LogP contribution in [0.1, 0.15) is 37.0 Å². The summed E-state index contributed by atoms with van der Waals surface area (Å²) in [5, 5.41) is 5.83. The lowest BCUT2D eigenvalue weighted by Crippen LogP contribution is -2.29. The van der Waals surface area contributed by atoms with Gasteiger partial charge in [0.1, 0.15) is 0 Å². The molecule has 2 nitrogen and oxygen atoms in total. The zero-order valence-corrected chi connectivity index (χ0v) is 13.5. The molecule has 1 fully saturated rings. The average molecular weight is 331 g/mol. The summed E-state index contributed by atoms with van der Waals surface area (Å²) in [7, 11) is 2.21. The zero-order valence-electron chi connectivity index (χ0n) is 11.1. The summed E-state index contributed by atoms with van der Waals surface area (Å²) < 4.78 is 1.21. The topological polar surface area (TPSA) is 15.3 Å². The molecule has 1 aromatic heterocycles. The van der Waals surface area contributed by atoms with Crippen LogP contribution < -0.4 is 5.32 Å². The molecular formula is C14H23BrN2S. The summed E-state index contributed by atoms with van der Waals surface area (Å²) in [5.41, 5.74) is 0. The molecule has 1 N–H and O–H groups in total. The molecule has 18 heavy (non-hydrogen) atoms. The molecule has 4 heteroatoms. The molecule has 0 atom stereocenters. The van der Waals surface area contributed by atoms with E-state index in [9.17, 15) is 0 Å². The first-order valence-electron chi connectivity index (χ1n) is 6.89. The summed E-state index contributed by atoms with van der Waals surface area (Å²) in [5.74, 6) is 0. The number of hydrogen-bond acceptors (Lipinski definition) is 3. The first-order valence-corrected chi connectivity index (χ1v) is 8.56. The van der Waals surface area contributed by atoms with Gasteiger partial charge in [0.05, 0.1) is 0 Å². The van der Waals surface area contributed by atoms with Crippen LogP contribution in [0.4, 0.5) is 0 Å². The van der Waals surface area contributed by atoms with E-state index in [1.807, 2.05) is 11.3 Å². The Morgan fingerprint density at radius 1 is 1.44 bits per heavy atom. The predicted molar refractivity (Wildman–Crippen MR) is 83.2 cm³/mol. The Morgan fingerprint density at radius 2 is 2.22 bits per heavy atom. The third-order valence-electron chi connectivity index (χ3n) is 3.55. The smallest absolute Gasteiger partial charge is 0.0325 e. The lowest BCUT2D eigenvalue weighted by atomic mass is 10.2. The van der Waals surface area contributed by atoms with Gasteiger partial charge in [0.15, 0.2) is 0 Å². The molecule has 0 amide bonds. The molecule has 1 heterocycles. The maximum Gasteiger partial charge on any atom is 0.0325 e. The van der Waals surface area contributed by atoms with Gasteiger partial charge in [0.25, 0.3) is 0 Å². The van der Waals surface area contributed by atoms with Crippen LogP contribution >= 0.6 is 27.3 Å². The number of nitrogens with one attached hydrogen (secondary N) is 1. The van der Waals surface area contributed by atoms with Gasteiger partial charge in [0.2, 0.25) is 0 Å². The van der Waals surface area contributed by atoms with Crippen LogP contribution in [0.25, 0.3) is 0 Å². The van der Waals surface area contributed by atoms with Crippen molar-refractivity contribution >= 4 is 27.3 Å². The van der Waals surface area contributed by atoms with Crippen LogP contribution in [0.5, 0.6) is 0 Å². The van der Waals surface area contributed by atoms with E-state index in [0.717, 1.165) is 12.6 Å². The van der Waals surface area contributed by atoms with Gasteiger partial charge in [-0.3, -0.25) is 0 Å². The highest BCUT2D eigenvalue weighted by Gasteiger charge is 2.13. The molecular weight excluding hydrogens is 308 g/mol. The van der Waals surface area contributed by atoms with Crippen molar-refractivity contribution < 1.29 is 0 Å². The fourth-order valence-corrected chi connectivity index (χ4v) is 4.10. The average Bonchev–Trinajstić information content (AvgIpc) is 2.96. The molecule has 0 radical (unpaired) electrons. The standard InChI is InChI=1S/C14H23BrN2S/c1-17(10-14-9-12(15)11-18-14)8-4-7-16-13-5-2-3-6-13/h9,11,13,16H,2-8,10H2,1H3. The Bertz CT molecular complexity index is 347. The highest BCUT2D eigenvalue weighted by molar-refractivity contribution is 9.10. The molecule has 1 aliphatic carbocycles. The van der Waals surface area contributed by atoms with E-state index in [-0.39, 0.29) is 0 Å². The molecule has 0 saturated heterocycles. The van der Waals surface area contributed by atoms with Crippen molar-refractivity contribution in [2.24, 2.45) is 0 Å². The second kappa shape index (κ2) is 7.63. The van der Waals surface area contributed by atoms with Crippen molar-refractivity contribution in [2.45, 2.75) is 44.7 Å². The van der Waals surface area contributed by atoms with Gasteiger partial charge in [-0.15, -0.1) is 11.3 Å². The van der Waals surface area contributed by atoms with Crippen LogP contribution in [0.15, 0.2) is 15.9 Å². The lowest BCUT2D eigenvalue weighted by molar-refractivity contribution is 0.319. The summed E-state index contributed by atoms with van der Waals surface area (Å²) in [4.78, 5) is 3.85. The normalized spacial score (nSPS) is 16.8. The van der Waals surface area contributed by atoms with Crippen LogP contribution in [0.2, 0.25) is 0 Å². The van der Waals surface area contributed by atoms with Gasteiger partial charge in [-0.2, -0.15) is 0 Å². The van der Waals surface area contributed by atoms with Crippen LogP contribution in [0, 0.1) is 0 Å². The van der Waals surface area contributed by atoms with E-state index in [1.165, 1.54) is 54.5 Å². The van der Waals surface area contributed by atoms with Gasteiger partial charge in [0, 0.05) is 27.3 Å². The minimum atomic E-state index is 0.809. The van der Waals surface area contributed by atoms with Crippen LogP contribution in [-0.2, 0) is 6.54 Å². The molecule has 0 bridgehead atoms. The molecule has 1 aromatic rings. The van der Waals surface area contributed by atoms with Gasteiger partial charge in [-0.05, 0) is 61.4 Å². The SMILES string of the molecule is CN(CCCNC1CCCC1)Cc1cc(Br)cs1. The molecule has 0 spiro atoms.